The Morgan fingerprint density at radius 3 is 2.04 bits per heavy atom. The third-order valence-corrected chi connectivity index (χ3v) is 3.47. The lowest BCUT2D eigenvalue weighted by Gasteiger charge is -2.31. The molecule has 0 unspecified atom stereocenters. The minimum atomic E-state index is -0.279. The fourth-order valence-corrected chi connectivity index (χ4v) is 1.96. The normalized spacial score (nSPS) is 13.2. The van der Waals surface area contributed by atoms with Gasteiger partial charge in [-0.3, -0.25) is 4.79 Å². The molecule has 1 aliphatic heterocycles. The average Bonchev–Trinajstić information content (AvgIpc) is 2.70. The monoisotopic (exact) mass is 366 g/mol. The van der Waals surface area contributed by atoms with Crippen molar-refractivity contribution >= 4 is 24.1 Å². The summed E-state index contributed by atoms with van der Waals surface area (Å²) >= 11 is 0. The van der Waals surface area contributed by atoms with Crippen LogP contribution in [-0.4, -0.2) is 75.6 Å². The maximum atomic E-state index is 11.0. The SMILES string of the molecule is CC.CNC(=O)Nc1ccc(C=O)cc1.COC(=O)N1CCN(C)CC1. The van der Waals surface area contributed by atoms with Gasteiger partial charge in [-0.05, 0) is 31.3 Å². The minimum absolute atomic E-state index is 0.210. The summed E-state index contributed by atoms with van der Waals surface area (Å²) in [5, 5.41) is 5.00. The van der Waals surface area contributed by atoms with Crippen LogP contribution in [0.25, 0.3) is 0 Å². The largest absolute Gasteiger partial charge is 0.453 e. The van der Waals surface area contributed by atoms with Gasteiger partial charge in [-0.15, -0.1) is 0 Å². The third kappa shape index (κ3) is 9.03. The molecule has 1 fully saturated rings. The van der Waals surface area contributed by atoms with Crippen LogP contribution >= 0.6 is 0 Å². The first-order valence-electron chi connectivity index (χ1n) is 8.55. The zero-order valence-corrected chi connectivity index (χ0v) is 16.2. The molecule has 1 heterocycles. The van der Waals surface area contributed by atoms with Gasteiger partial charge >= 0.3 is 12.1 Å². The van der Waals surface area contributed by atoms with Gasteiger partial charge in [-0.25, -0.2) is 9.59 Å². The number of anilines is 1. The van der Waals surface area contributed by atoms with Crippen molar-refractivity contribution in [3.05, 3.63) is 29.8 Å². The molecule has 2 rings (SSSR count). The second-order valence-corrected chi connectivity index (χ2v) is 5.20. The van der Waals surface area contributed by atoms with Crippen LogP contribution in [0.2, 0.25) is 0 Å². The van der Waals surface area contributed by atoms with E-state index in [1.807, 2.05) is 13.8 Å². The lowest BCUT2D eigenvalue weighted by molar-refractivity contribution is 0.0982. The van der Waals surface area contributed by atoms with Crippen LogP contribution in [0.4, 0.5) is 15.3 Å². The van der Waals surface area contributed by atoms with Gasteiger partial charge in [0.15, 0.2) is 0 Å². The summed E-state index contributed by atoms with van der Waals surface area (Å²) in [6.45, 7) is 7.44. The van der Waals surface area contributed by atoms with E-state index in [0.717, 1.165) is 32.5 Å². The predicted octanol–water partition coefficient (Wildman–Crippen LogP) is 2.28. The van der Waals surface area contributed by atoms with Crippen molar-refractivity contribution in [1.82, 2.24) is 15.1 Å². The molecule has 146 valence electrons. The molecule has 0 atom stereocenters. The van der Waals surface area contributed by atoms with E-state index in [1.54, 1.807) is 29.2 Å². The number of aldehydes is 1. The van der Waals surface area contributed by atoms with Crippen LogP contribution in [0.15, 0.2) is 24.3 Å². The molecule has 0 aliphatic carbocycles. The van der Waals surface area contributed by atoms with Gasteiger partial charge in [-0.1, -0.05) is 13.8 Å². The van der Waals surface area contributed by atoms with Crippen LogP contribution < -0.4 is 10.6 Å². The van der Waals surface area contributed by atoms with E-state index >= 15 is 0 Å². The number of hydrogen-bond acceptors (Lipinski definition) is 5. The second-order valence-electron chi connectivity index (χ2n) is 5.20. The summed E-state index contributed by atoms with van der Waals surface area (Å²) in [5.74, 6) is 0. The number of carbonyl (C=O) groups excluding carboxylic acids is 3. The number of amides is 3. The zero-order chi connectivity index (χ0) is 19.9. The van der Waals surface area contributed by atoms with Crippen molar-refractivity contribution in [1.29, 1.82) is 0 Å². The Labute approximate surface area is 155 Å². The summed E-state index contributed by atoms with van der Waals surface area (Å²) in [7, 11) is 5.00. The molecule has 8 nitrogen and oxygen atoms in total. The van der Waals surface area contributed by atoms with Crippen LogP contribution in [-0.2, 0) is 4.74 Å². The van der Waals surface area contributed by atoms with Crippen LogP contribution in [0.3, 0.4) is 0 Å². The molecule has 1 aliphatic rings. The number of hydrogen-bond donors (Lipinski definition) is 2. The highest BCUT2D eigenvalue weighted by Gasteiger charge is 2.18. The number of likely N-dealkylation sites (N-methyl/N-ethyl adjacent to an activating group) is 1. The molecule has 0 bridgehead atoms. The van der Waals surface area contributed by atoms with E-state index in [-0.39, 0.29) is 12.1 Å². The number of nitrogens with zero attached hydrogens (tertiary/aromatic N) is 2. The summed E-state index contributed by atoms with van der Waals surface area (Å²) in [6, 6.07) is 6.33. The summed E-state index contributed by atoms with van der Waals surface area (Å²) in [5.41, 5.74) is 1.24. The molecule has 0 aromatic heterocycles. The lowest BCUT2D eigenvalue weighted by Crippen LogP contribution is -2.47. The smallest absolute Gasteiger partial charge is 0.409 e. The Balaban J connectivity index is 0.000000444. The standard InChI is InChI=1S/C9H10N2O2.C7H14N2O2.C2H6/c1-10-9(13)11-8-4-2-7(6-12)3-5-8;1-8-3-5-9(6-4-8)7(10)11-2;1-2/h2-6H,1H3,(H2,10,11,13);3-6H2,1-2H3;1-2H3. The topological polar surface area (TPSA) is 91.0 Å². The molecular formula is C18H30N4O4. The number of ether oxygens (including phenoxy) is 1. The second kappa shape index (κ2) is 13.7. The highest BCUT2D eigenvalue weighted by Crippen LogP contribution is 2.07. The summed E-state index contributed by atoms with van der Waals surface area (Å²) in [4.78, 5) is 36.0. The highest BCUT2D eigenvalue weighted by molar-refractivity contribution is 5.89. The van der Waals surface area contributed by atoms with Crippen LogP contribution in [0, 0.1) is 0 Å². The summed E-state index contributed by atoms with van der Waals surface area (Å²) in [6.07, 6.45) is 0.544. The van der Waals surface area contributed by atoms with E-state index in [9.17, 15) is 14.4 Å². The van der Waals surface area contributed by atoms with E-state index in [1.165, 1.54) is 14.2 Å². The van der Waals surface area contributed by atoms with Crippen molar-refractivity contribution in [2.24, 2.45) is 0 Å². The maximum absolute atomic E-state index is 11.0. The van der Waals surface area contributed by atoms with Gasteiger partial charge in [0.05, 0.1) is 7.11 Å². The van der Waals surface area contributed by atoms with Gasteiger partial charge in [0.1, 0.15) is 6.29 Å². The van der Waals surface area contributed by atoms with E-state index in [0.29, 0.717) is 11.3 Å². The van der Waals surface area contributed by atoms with E-state index in [4.69, 9.17) is 0 Å². The van der Waals surface area contributed by atoms with Gasteiger partial charge in [0.2, 0.25) is 0 Å². The predicted molar refractivity (Wildman–Crippen MR) is 103 cm³/mol. The first-order valence-corrected chi connectivity index (χ1v) is 8.55. The van der Waals surface area contributed by atoms with Crippen molar-refractivity contribution in [3.8, 4) is 0 Å². The first kappa shape index (κ1) is 23.4. The first-order chi connectivity index (χ1) is 12.5. The Bertz CT molecular complexity index is 541. The van der Waals surface area contributed by atoms with E-state index in [2.05, 4.69) is 27.3 Å². The maximum Gasteiger partial charge on any atom is 0.409 e. The quantitative estimate of drug-likeness (QED) is 0.784. The zero-order valence-electron chi connectivity index (χ0n) is 16.2. The number of methoxy groups -OCH3 is 1. The van der Waals surface area contributed by atoms with Crippen molar-refractivity contribution in [3.63, 3.8) is 0 Å². The van der Waals surface area contributed by atoms with Crippen molar-refractivity contribution in [2.45, 2.75) is 13.8 Å². The van der Waals surface area contributed by atoms with Gasteiger partial charge in [0.25, 0.3) is 0 Å². The molecule has 8 heteroatoms. The van der Waals surface area contributed by atoms with Crippen LogP contribution in [0.1, 0.15) is 24.2 Å². The third-order valence-electron chi connectivity index (χ3n) is 3.47. The van der Waals surface area contributed by atoms with Crippen molar-refractivity contribution < 1.29 is 19.1 Å². The molecule has 2 N–H and O–H groups in total. The van der Waals surface area contributed by atoms with Gasteiger partial charge < -0.3 is 25.2 Å². The fraction of sp³-hybridized carbons (Fsp3) is 0.500. The minimum Gasteiger partial charge on any atom is -0.453 e. The molecule has 1 aromatic carbocycles. The lowest BCUT2D eigenvalue weighted by atomic mass is 10.2. The highest BCUT2D eigenvalue weighted by atomic mass is 16.5. The van der Waals surface area contributed by atoms with Crippen LogP contribution in [0.5, 0.6) is 0 Å². The Morgan fingerprint density at radius 2 is 1.62 bits per heavy atom. The molecular weight excluding hydrogens is 336 g/mol. The number of carbonyl (C=O) groups is 3. The Hall–Kier alpha value is -2.61. The molecule has 0 radical (unpaired) electrons. The Morgan fingerprint density at radius 1 is 1.08 bits per heavy atom. The molecule has 26 heavy (non-hydrogen) atoms. The molecule has 0 spiro atoms. The molecule has 1 saturated heterocycles. The van der Waals surface area contributed by atoms with E-state index < -0.39 is 0 Å². The number of urea groups is 1. The number of rotatable bonds is 2. The fourth-order valence-electron chi connectivity index (χ4n) is 1.96. The number of piperazine rings is 1. The summed E-state index contributed by atoms with van der Waals surface area (Å²) < 4.78 is 4.59. The molecule has 0 saturated carbocycles. The number of benzene rings is 1. The average molecular weight is 366 g/mol. The molecule has 1 aromatic rings. The number of nitrogens with one attached hydrogen (secondary N) is 2. The van der Waals surface area contributed by atoms with Gasteiger partial charge in [-0.2, -0.15) is 0 Å². The van der Waals surface area contributed by atoms with Gasteiger partial charge in [0, 0.05) is 44.5 Å². The molecule has 3 amide bonds. The van der Waals surface area contributed by atoms with Crippen molar-refractivity contribution in [2.75, 3.05) is 52.7 Å². The Kier molecular flexibility index (Phi) is 12.3.